The standard InChI is InChI=1S/C18H20F2N2O2/c1-11(2)22-14-5-3-4-12(8-14)18(24)21-10-17(23)15-7-6-13(19)9-16(15)20/h3-9,11,17,22-23H,10H2,1-2H3,(H,21,24)/t17-/m0/s1. The second-order valence-corrected chi connectivity index (χ2v) is 5.77. The van der Waals surface area contributed by atoms with E-state index in [2.05, 4.69) is 10.6 Å². The number of rotatable bonds is 6. The number of nitrogens with one attached hydrogen (secondary N) is 2. The SMILES string of the molecule is CC(C)Nc1cccc(C(=O)NC[C@H](O)c2ccc(F)cc2F)c1. The van der Waals surface area contributed by atoms with Crippen LogP contribution in [0.5, 0.6) is 0 Å². The fourth-order valence-electron chi connectivity index (χ4n) is 2.26. The van der Waals surface area contributed by atoms with Gasteiger partial charge >= 0.3 is 0 Å². The lowest BCUT2D eigenvalue weighted by Crippen LogP contribution is -2.28. The van der Waals surface area contributed by atoms with E-state index in [4.69, 9.17) is 0 Å². The van der Waals surface area contributed by atoms with Crippen molar-refractivity contribution in [3.8, 4) is 0 Å². The highest BCUT2D eigenvalue weighted by Gasteiger charge is 2.15. The molecule has 1 amide bonds. The first-order chi connectivity index (χ1) is 11.4. The number of amides is 1. The first-order valence-corrected chi connectivity index (χ1v) is 7.64. The molecule has 128 valence electrons. The molecule has 0 aliphatic carbocycles. The minimum absolute atomic E-state index is 0.0630. The maximum absolute atomic E-state index is 13.6. The summed E-state index contributed by atoms with van der Waals surface area (Å²) in [6, 6.07) is 10.1. The molecule has 2 rings (SSSR count). The highest BCUT2D eigenvalue weighted by atomic mass is 19.1. The van der Waals surface area contributed by atoms with Crippen LogP contribution in [0.4, 0.5) is 14.5 Å². The normalized spacial score (nSPS) is 12.1. The van der Waals surface area contributed by atoms with Crippen LogP contribution in [0.3, 0.4) is 0 Å². The van der Waals surface area contributed by atoms with Crippen LogP contribution in [0.15, 0.2) is 42.5 Å². The molecule has 4 nitrogen and oxygen atoms in total. The molecule has 0 radical (unpaired) electrons. The zero-order chi connectivity index (χ0) is 17.7. The molecule has 0 fully saturated rings. The fraction of sp³-hybridized carbons (Fsp3) is 0.278. The molecular formula is C18H20F2N2O2. The Morgan fingerprint density at radius 2 is 1.92 bits per heavy atom. The number of aliphatic hydroxyl groups excluding tert-OH is 1. The van der Waals surface area contributed by atoms with Crippen LogP contribution in [0.1, 0.15) is 35.9 Å². The van der Waals surface area contributed by atoms with Gasteiger partial charge in [0.15, 0.2) is 0 Å². The van der Waals surface area contributed by atoms with Crippen LogP contribution < -0.4 is 10.6 Å². The molecule has 0 aliphatic rings. The fourth-order valence-corrected chi connectivity index (χ4v) is 2.26. The van der Waals surface area contributed by atoms with E-state index in [-0.39, 0.29) is 24.1 Å². The van der Waals surface area contributed by atoms with Crippen LogP contribution in [0.2, 0.25) is 0 Å². The zero-order valence-corrected chi connectivity index (χ0v) is 13.5. The van der Waals surface area contributed by atoms with Gasteiger partial charge in [-0.15, -0.1) is 0 Å². The number of benzene rings is 2. The third-order valence-corrected chi connectivity index (χ3v) is 3.36. The summed E-state index contributed by atoms with van der Waals surface area (Å²) in [7, 11) is 0. The van der Waals surface area contributed by atoms with Crippen LogP contribution in [0, 0.1) is 11.6 Å². The highest BCUT2D eigenvalue weighted by molar-refractivity contribution is 5.95. The average molecular weight is 334 g/mol. The molecule has 2 aromatic rings. The van der Waals surface area contributed by atoms with Crippen LogP contribution in [0.25, 0.3) is 0 Å². The molecule has 0 aliphatic heterocycles. The van der Waals surface area contributed by atoms with E-state index in [1.54, 1.807) is 18.2 Å². The zero-order valence-electron chi connectivity index (χ0n) is 13.5. The quantitative estimate of drug-likeness (QED) is 0.760. The molecule has 0 unspecified atom stereocenters. The Morgan fingerprint density at radius 1 is 1.17 bits per heavy atom. The van der Waals surface area contributed by atoms with Gasteiger partial charge in [-0.3, -0.25) is 4.79 Å². The highest BCUT2D eigenvalue weighted by Crippen LogP contribution is 2.18. The predicted octanol–water partition coefficient (Wildman–Crippen LogP) is 3.25. The minimum Gasteiger partial charge on any atom is -0.386 e. The molecule has 0 saturated carbocycles. The van der Waals surface area contributed by atoms with Gasteiger partial charge in [-0.1, -0.05) is 12.1 Å². The summed E-state index contributed by atoms with van der Waals surface area (Å²) in [5.74, 6) is -1.95. The number of hydrogen-bond acceptors (Lipinski definition) is 3. The number of halogens is 2. The lowest BCUT2D eigenvalue weighted by molar-refractivity contribution is 0.0914. The monoisotopic (exact) mass is 334 g/mol. The molecule has 2 aromatic carbocycles. The summed E-state index contributed by atoms with van der Waals surface area (Å²) >= 11 is 0. The van der Waals surface area contributed by atoms with Gasteiger partial charge in [0.1, 0.15) is 11.6 Å². The summed E-state index contributed by atoms with van der Waals surface area (Å²) < 4.78 is 26.5. The molecular weight excluding hydrogens is 314 g/mol. The van der Waals surface area contributed by atoms with Crippen molar-refractivity contribution in [1.82, 2.24) is 5.32 Å². The van der Waals surface area contributed by atoms with Crippen molar-refractivity contribution in [2.75, 3.05) is 11.9 Å². The number of aliphatic hydroxyl groups is 1. The molecule has 24 heavy (non-hydrogen) atoms. The topological polar surface area (TPSA) is 61.4 Å². The number of carbonyl (C=O) groups excluding carboxylic acids is 1. The van der Waals surface area contributed by atoms with E-state index in [1.165, 1.54) is 0 Å². The van der Waals surface area contributed by atoms with Crippen LogP contribution in [-0.4, -0.2) is 23.6 Å². The van der Waals surface area contributed by atoms with Gasteiger partial charge in [-0.05, 0) is 38.1 Å². The van der Waals surface area contributed by atoms with Gasteiger partial charge in [-0.2, -0.15) is 0 Å². The van der Waals surface area contributed by atoms with Crippen molar-refractivity contribution in [3.05, 3.63) is 65.2 Å². The second kappa shape index (κ2) is 7.88. The Labute approximate surface area is 139 Å². The summed E-state index contributed by atoms with van der Waals surface area (Å²) in [5, 5.41) is 15.7. The first-order valence-electron chi connectivity index (χ1n) is 7.64. The molecule has 0 heterocycles. The Kier molecular flexibility index (Phi) is 5.87. The van der Waals surface area contributed by atoms with Crippen molar-refractivity contribution in [1.29, 1.82) is 0 Å². The smallest absolute Gasteiger partial charge is 0.251 e. The lowest BCUT2D eigenvalue weighted by Gasteiger charge is -2.14. The molecule has 0 bridgehead atoms. The van der Waals surface area contributed by atoms with Crippen molar-refractivity contribution in [2.24, 2.45) is 0 Å². The molecule has 6 heteroatoms. The molecule has 1 atom stereocenters. The maximum atomic E-state index is 13.6. The van der Waals surface area contributed by atoms with Crippen LogP contribution >= 0.6 is 0 Å². The van der Waals surface area contributed by atoms with E-state index in [0.717, 1.165) is 17.8 Å². The van der Waals surface area contributed by atoms with Gasteiger partial charge < -0.3 is 15.7 Å². The molecule has 0 spiro atoms. The van der Waals surface area contributed by atoms with E-state index in [1.807, 2.05) is 19.9 Å². The number of carbonyl (C=O) groups is 1. The molecule has 0 aromatic heterocycles. The van der Waals surface area contributed by atoms with E-state index in [9.17, 15) is 18.7 Å². The average Bonchev–Trinajstić information content (AvgIpc) is 2.52. The number of hydrogen-bond donors (Lipinski definition) is 3. The largest absolute Gasteiger partial charge is 0.386 e. The Balaban J connectivity index is 1.99. The van der Waals surface area contributed by atoms with Crippen molar-refractivity contribution in [2.45, 2.75) is 26.0 Å². The Bertz CT molecular complexity index is 720. The minimum atomic E-state index is -1.26. The maximum Gasteiger partial charge on any atom is 0.251 e. The second-order valence-electron chi connectivity index (χ2n) is 5.77. The number of anilines is 1. The van der Waals surface area contributed by atoms with E-state index >= 15 is 0 Å². The molecule has 3 N–H and O–H groups in total. The van der Waals surface area contributed by atoms with Gasteiger partial charge in [0.05, 0.1) is 6.10 Å². The van der Waals surface area contributed by atoms with E-state index in [0.29, 0.717) is 11.6 Å². The van der Waals surface area contributed by atoms with Crippen LogP contribution in [-0.2, 0) is 0 Å². The van der Waals surface area contributed by atoms with Crippen molar-refractivity contribution >= 4 is 11.6 Å². The third kappa shape index (κ3) is 4.76. The first kappa shape index (κ1) is 17.9. The summed E-state index contributed by atoms with van der Waals surface area (Å²) in [4.78, 5) is 12.2. The Hall–Kier alpha value is -2.47. The van der Waals surface area contributed by atoms with E-state index < -0.39 is 17.7 Å². The van der Waals surface area contributed by atoms with Crippen molar-refractivity contribution < 1.29 is 18.7 Å². The summed E-state index contributed by atoms with van der Waals surface area (Å²) in [5.41, 5.74) is 1.17. The van der Waals surface area contributed by atoms with Crippen molar-refractivity contribution in [3.63, 3.8) is 0 Å². The van der Waals surface area contributed by atoms with Gasteiger partial charge in [0.25, 0.3) is 5.91 Å². The van der Waals surface area contributed by atoms with Gasteiger partial charge in [-0.25, -0.2) is 8.78 Å². The third-order valence-electron chi connectivity index (χ3n) is 3.36. The summed E-state index contributed by atoms with van der Waals surface area (Å²) in [6.07, 6.45) is -1.26. The van der Waals surface area contributed by atoms with Gasteiger partial charge in [0, 0.05) is 35.5 Å². The predicted molar refractivity (Wildman–Crippen MR) is 88.9 cm³/mol. The summed E-state index contributed by atoms with van der Waals surface area (Å²) in [6.45, 7) is 3.80. The molecule has 0 saturated heterocycles. The lowest BCUT2D eigenvalue weighted by atomic mass is 10.1. The van der Waals surface area contributed by atoms with Gasteiger partial charge in [0.2, 0.25) is 0 Å². The Morgan fingerprint density at radius 3 is 2.58 bits per heavy atom.